The summed E-state index contributed by atoms with van der Waals surface area (Å²) in [5, 5.41) is 0. The summed E-state index contributed by atoms with van der Waals surface area (Å²) in [4.78, 5) is 0. The van der Waals surface area contributed by atoms with Gasteiger partial charge in [0.05, 0.1) is 6.61 Å². The molecule has 0 amide bonds. The molecule has 0 fully saturated rings. The minimum Gasteiger partial charge on any atom is -0.494 e. The van der Waals surface area contributed by atoms with E-state index in [1.165, 1.54) is 0 Å². The summed E-state index contributed by atoms with van der Waals surface area (Å²) in [6.07, 6.45) is 0. The summed E-state index contributed by atoms with van der Waals surface area (Å²) in [5.41, 5.74) is 2.17. The molecule has 0 unspecified atom stereocenters. The largest absolute Gasteiger partial charge is 0.494 e. The minimum absolute atomic E-state index is 0.518. The maximum atomic E-state index is 5.84. The van der Waals surface area contributed by atoms with Crippen molar-refractivity contribution in [1.29, 1.82) is 0 Å². The number of halogens is 1. The molecule has 2 aromatic rings. The molecule has 2 aromatic carbocycles. The molecule has 0 heterocycles. The lowest BCUT2D eigenvalue weighted by molar-refractivity contribution is 0.339. The Morgan fingerprint density at radius 2 is 1.68 bits per heavy atom. The maximum absolute atomic E-state index is 5.84. The van der Waals surface area contributed by atoms with Crippen LogP contribution in [0, 0.1) is 6.92 Å². The van der Waals surface area contributed by atoms with Crippen molar-refractivity contribution in [3.05, 3.63) is 53.6 Å². The number of aryl methyl sites for hydroxylation is 1. The summed E-state index contributed by atoms with van der Waals surface area (Å²) in [6, 6.07) is 13.6. The third-order valence-corrected chi connectivity index (χ3v) is 3.06. The van der Waals surface area contributed by atoms with Crippen LogP contribution in [0.15, 0.2) is 42.5 Å². The molecule has 0 radical (unpaired) electrons. The van der Waals surface area contributed by atoms with Gasteiger partial charge in [0, 0.05) is 5.88 Å². The molecule has 0 aliphatic rings. The molecule has 2 nitrogen and oxygen atoms in total. The van der Waals surface area contributed by atoms with E-state index in [0.29, 0.717) is 12.5 Å². The van der Waals surface area contributed by atoms with Crippen molar-refractivity contribution < 1.29 is 9.47 Å². The first-order chi connectivity index (χ1) is 9.22. The maximum Gasteiger partial charge on any atom is 0.130 e. The highest BCUT2D eigenvalue weighted by atomic mass is 35.5. The molecule has 0 aromatic heterocycles. The van der Waals surface area contributed by atoms with Crippen molar-refractivity contribution in [2.45, 2.75) is 19.7 Å². The Hall–Kier alpha value is -1.67. The first-order valence-electron chi connectivity index (χ1n) is 6.29. The van der Waals surface area contributed by atoms with E-state index in [1.807, 2.05) is 56.3 Å². The fourth-order valence-electron chi connectivity index (χ4n) is 1.81. The Balaban J connectivity index is 2.12. The second-order valence-electron chi connectivity index (χ2n) is 4.24. The lowest BCUT2D eigenvalue weighted by Crippen LogP contribution is -1.92. The first-order valence-corrected chi connectivity index (χ1v) is 6.82. The zero-order chi connectivity index (χ0) is 13.7. The molecule has 0 bridgehead atoms. The van der Waals surface area contributed by atoms with Gasteiger partial charge in [-0.05, 0) is 55.3 Å². The fraction of sp³-hybridized carbons (Fsp3) is 0.250. The summed E-state index contributed by atoms with van der Waals surface area (Å²) in [6.45, 7) is 4.64. The Morgan fingerprint density at radius 1 is 1.00 bits per heavy atom. The number of ether oxygens (including phenoxy) is 2. The minimum atomic E-state index is 0.518. The molecule has 19 heavy (non-hydrogen) atoms. The predicted octanol–water partition coefficient (Wildman–Crippen LogP) is 4.92. The normalized spacial score (nSPS) is 10.3. The van der Waals surface area contributed by atoms with E-state index in [1.54, 1.807) is 0 Å². The lowest BCUT2D eigenvalue weighted by Gasteiger charge is -2.10. The van der Waals surface area contributed by atoms with Crippen LogP contribution >= 0.6 is 11.6 Å². The van der Waals surface area contributed by atoms with Crippen molar-refractivity contribution in [3.8, 4) is 17.2 Å². The van der Waals surface area contributed by atoms with Gasteiger partial charge >= 0.3 is 0 Å². The summed E-state index contributed by atoms with van der Waals surface area (Å²) >= 11 is 5.80. The van der Waals surface area contributed by atoms with Crippen molar-refractivity contribution in [3.63, 3.8) is 0 Å². The summed E-state index contributed by atoms with van der Waals surface area (Å²) in [7, 11) is 0. The van der Waals surface area contributed by atoms with Crippen LogP contribution in [0.5, 0.6) is 17.2 Å². The third-order valence-electron chi connectivity index (χ3n) is 2.76. The molecule has 0 N–H and O–H groups in total. The van der Waals surface area contributed by atoms with Crippen LogP contribution in [0.3, 0.4) is 0 Å². The van der Waals surface area contributed by atoms with Gasteiger partial charge in [0.2, 0.25) is 0 Å². The average molecular weight is 277 g/mol. The average Bonchev–Trinajstić information content (AvgIpc) is 2.43. The summed E-state index contributed by atoms with van der Waals surface area (Å²) in [5.74, 6) is 3.01. The van der Waals surface area contributed by atoms with Gasteiger partial charge in [0.15, 0.2) is 0 Å². The second kappa shape index (κ2) is 6.48. The highest BCUT2D eigenvalue weighted by molar-refractivity contribution is 6.17. The number of hydrogen-bond acceptors (Lipinski definition) is 2. The smallest absolute Gasteiger partial charge is 0.130 e. The van der Waals surface area contributed by atoms with E-state index >= 15 is 0 Å². The molecule has 0 aliphatic carbocycles. The van der Waals surface area contributed by atoms with Gasteiger partial charge in [-0.15, -0.1) is 11.6 Å². The number of rotatable bonds is 5. The number of benzene rings is 2. The van der Waals surface area contributed by atoms with Crippen molar-refractivity contribution in [1.82, 2.24) is 0 Å². The van der Waals surface area contributed by atoms with Crippen molar-refractivity contribution in [2.75, 3.05) is 6.61 Å². The van der Waals surface area contributed by atoms with Gasteiger partial charge < -0.3 is 9.47 Å². The first kappa shape index (κ1) is 13.8. The van der Waals surface area contributed by atoms with Crippen LogP contribution in [0.4, 0.5) is 0 Å². The highest BCUT2D eigenvalue weighted by Crippen LogP contribution is 2.27. The van der Waals surface area contributed by atoms with Gasteiger partial charge in [-0.3, -0.25) is 0 Å². The van der Waals surface area contributed by atoms with E-state index < -0.39 is 0 Å². The van der Waals surface area contributed by atoms with Crippen LogP contribution in [0.2, 0.25) is 0 Å². The van der Waals surface area contributed by atoms with E-state index in [2.05, 4.69) is 0 Å². The van der Waals surface area contributed by atoms with Crippen LogP contribution < -0.4 is 9.47 Å². The molecule has 2 rings (SSSR count). The lowest BCUT2D eigenvalue weighted by atomic mass is 10.1. The zero-order valence-electron chi connectivity index (χ0n) is 11.2. The van der Waals surface area contributed by atoms with Gasteiger partial charge in [0.25, 0.3) is 0 Å². The van der Waals surface area contributed by atoms with Crippen molar-refractivity contribution >= 4 is 11.6 Å². The Kier molecular flexibility index (Phi) is 4.69. The number of hydrogen-bond donors (Lipinski definition) is 0. The quantitative estimate of drug-likeness (QED) is 0.721. The van der Waals surface area contributed by atoms with Crippen LogP contribution in [-0.2, 0) is 5.88 Å². The van der Waals surface area contributed by atoms with E-state index in [-0.39, 0.29) is 0 Å². The topological polar surface area (TPSA) is 18.5 Å². The van der Waals surface area contributed by atoms with Crippen LogP contribution in [0.1, 0.15) is 18.1 Å². The van der Waals surface area contributed by atoms with Gasteiger partial charge in [-0.2, -0.15) is 0 Å². The molecule has 100 valence electrons. The number of alkyl halides is 1. The molecule has 0 aliphatic heterocycles. The van der Waals surface area contributed by atoms with Crippen molar-refractivity contribution in [2.24, 2.45) is 0 Å². The van der Waals surface area contributed by atoms with Gasteiger partial charge in [0.1, 0.15) is 17.2 Å². The SMILES string of the molecule is CCOc1ccc(Oc2ccc(CCl)cc2C)cc1. The Labute approximate surface area is 118 Å². The van der Waals surface area contributed by atoms with Crippen LogP contribution in [0.25, 0.3) is 0 Å². The predicted molar refractivity (Wildman–Crippen MR) is 78.4 cm³/mol. The molecule has 0 saturated heterocycles. The van der Waals surface area contributed by atoms with E-state index in [9.17, 15) is 0 Å². The zero-order valence-corrected chi connectivity index (χ0v) is 11.9. The molecular formula is C16H17ClO2. The van der Waals surface area contributed by atoms with Crippen LogP contribution in [-0.4, -0.2) is 6.61 Å². The Bertz CT molecular complexity index is 535. The second-order valence-corrected chi connectivity index (χ2v) is 4.51. The van der Waals surface area contributed by atoms with Gasteiger partial charge in [-0.1, -0.05) is 12.1 Å². The Morgan fingerprint density at radius 3 is 2.26 bits per heavy atom. The van der Waals surface area contributed by atoms with E-state index in [4.69, 9.17) is 21.1 Å². The standard InChI is InChI=1S/C16H17ClO2/c1-3-18-14-5-7-15(8-6-14)19-16-9-4-13(11-17)10-12(16)2/h4-10H,3,11H2,1-2H3. The third kappa shape index (κ3) is 3.65. The highest BCUT2D eigenvalue weighted by Gasteiger charge is 2.03. The molecule has 0 atom stereocenters. The van der Waals surface area contributed by atoms with E-state index in [0.717, 1.165) is 28.4 Å². The summed E-state index contributed by atoms with van der Waals surface area (Å²) < 4.78 is 11.2. The van der Waals surface area contributed by atoms with Gasteiger partial charge in [-0.25, -0.2) is 0 Å². The molecule has 0 saturated carbocycles. The fourth-order valence-corrected chi connectivity index (χ4v) is 1.97. The monoisotopic (exact) mass is 276 g/mol. The molecular weight excluding hydrogens is 260 g/mol. The molecule has 3 heteroatoms. The molecule has 0 spiro atoms.